The molecule has 3 aromatic heterocycles. The van der Waals surface area contributed by atoms with Gasteiger partial charge in [0.2, 0.25) is 0 Å². The molecule has 0 aliphatic rings. The van der Waals surface area contributed by atoms with Gasteiger partial charge in [-0.05, 0) is 37.3 Å². The van der Waals surface area contributed by atoms with Gasteiger partial charge in [-0.1, -0.05) is 0 Å². The third-order valence-electron chi connectivity index (χ3n) is 5.18. The Morgan fingerprint density at radius 3 is 2.46 bits per heavy atom. The van der Waals surface area contributed by atoms with E-state index in [1.54, 1.807) is 14.2 Å². The van der Waals surface area contributed by atoms with Gasteiger partial charge in [0.25, 0.3) is 0 Å². The molecule has 6 nitrogen and oxygen atoms in total. The molecule has 0 atom stereocenters. The second-order valence-electron chi connectivity index (χ2n) is 6.80. The Balaban J connectivity index is 1.63. The zero-order valence-electron chi connectivity index (χ0n) is 15.9. The number of nitrogens with one attached hydrogen (secondary N) is 3. The molecule has 140 valence electrons. The van der Waals surface area contributed by atoms with Crippen LogP contribution in [0.1, 0.15) is 5.69 Å². The summed E-state index contributed by atoms with van der Waals surface area (Å²) >= 11 is 0. The first-order valence-corrected chi connectivity index (χ1v) is 9.05. The van der Waals surface area contributed by atoms with Gasteiger partial charge in [0.05, 0.1) is 26.1 Å². The van der Waals surface area contributed by atoms with E-state index in [1.165, 1.54) is 0 Å². The lowest BCUT2D eigenvalue weighted by atomic mass is 10.1. The number of rotatable bonds is 4. The summed E-state index contributed by atoms with van der Waals surface area (Å²) < 4.78 is 10.7. The maximum absolute atomic E-state index is 5.40. The van der Waals surface area contributed by atoms with E-state index in [1.807, 2.05) is 48.8 Å². The van der Waals surface area contributed by atoms with E-state index in [0.717, 1.165) is 61.6 Å². The second kappa shape index (κ2) is 6.20. The summed E-state index contributed by atoms with van der Waals surface area (Å²) in [5.41, 5.74) is 6.27. The van der Waals surface area contributed by atoms with Crippen LogP contribution in [-0.2, 0) is 0 Å². The number of H-pyrrole nitrogens is 3. The van der Waals surface area contributed by atoms with Crippen LogP contribution in [0.25, 0.3) is 44.5 Å². The minimum absolute atomic E-state index is 0.822. The Morgan fingerprint density at radius 2 is 1.64 bits per heavy atom. The van der Waals surface area contributed by atoms with Crippen molar-refractivity contribution in [1.82, 2.24) is 19.9 Å². The van der Waals surface area contributed by atoms with E-state index in [4.69, 9.17) is 9.47 Å². The van der Waals surface area contributed by atoms with Gasteiger partial charge in [-0.2, -0.15) is 0 Å². The van der Waals surface area contributed by atoms with Crippen LogP contribution >= 0.6 is 0 Å². The molecule has 0 radical (unpaired) electrons. The number of imidazole rings is 1. The topological polar surface area (TPSA) is 78.7 Å². The molecule has 28 heavy (non-hydrogen) atoms. The molecule has 5 rings (SSSR count). The highest BCUT2D eigenvalue weighted by Crippen LogP contribution is 2.35. The molecule has 2 aromatic carbocycles. The van der Waals surface area contributed by atoms with Gasteiger partial charge in [-0.3, -0.25) is 0 Å². The summed E-state index contributed by atoms with van der Waals surface area (Å²) in [4.78, 5) is 14.9. The number of methoxy groups -OCH3 is 2. The molecule has 0 aliphatic heterocycles. The Kier molecular flexibility index (Phi) is 3.65. The number of hydrogen-bond acceptors (Lipinski definition) is 3. The quantitative estimate of drug-likeness (QED) is 0.414. The molecule has 3 N–H and O–H groups in total. The van der Waals surface area contributed by atoms with Crippen molar-refractivity contribution >= 4 is 21.8 Å². The number of aromatic amines is 3. The number of benzene rings is 2. The summed E-state index contributed by atoms with van der Waals surface area (Å²) in [5, 5.41) is 2.20. The molecule has 5 aromatic rings. The number of nitrogens with zero attached hydrogens (tertiary/aromatic N) is 1. The number of ether oxygens (including phenoxy) is 2. The molecule has 0 amide bonds. The largest absolute Gasteiger partial charge is 0.497 e. The lowest BCUT2D eigenvalue weighted by molar-refractivity contribution is 0.415. The molecule has 3 heterocycles. The highest BCUT2D eigenvalue weighted by atomic mass is 16.5. The van der Waals surface area contributed by atoms with Crippen LogP contribution in [0.4, 0.5) is 0 Å². The van der Waals surface area contributed by atoms with Crippen molar-refractivity contribution in [3.05, 3.63) is 54.5 Å². The predicted octanol–water partition coefficient (Wildman–Crippen LogP) is 5.03. The van der Waals surface area contributed by atoms with E-state index in [9.17, 15) is 0 Å². The molecule has 0 bridgehead atoms. The molecule has 0 spiro atoms. The third-order valence-corrected chi connectivity index (χ3v) is 5.18. The first-order chi connectivity index (χ1) is 13.7. The smallest absolute Gasteiger partial charge is 0.139 e. The van der Waals surface area contributed by atoms with E-state index in [0.29, 0.717) is 0 Å². The van der Waals surface area contributed by atoms with Gasteiger partial charge in [-0.25, -0.2) is 4.98 Å². The van der Waals surface area contributed by atoms with Gasteiger partial charge < -0.3 is 24.4 Å². The van der Waals surface area contributed by atoms with Crippen molar-refractivity contribution < 1.29 is 9.47 Å². The van der Waals surface area contributed by atoms with Gasteiger partial charge in [-0.15, -0.1) is 0 Å². The van der Waals surface area contributed by atoms with E-state index in [2.05, 4.69) is 26.9 Å². The summed E-state index contributed by atoms with van der Waals surface area (Å²) in [5.74, 6) is 2.48. The highest BCUT2D eigenvalue weighted by Gasteiger charge is 2.16. The van der Waals surface area contributed by atoms with Gasteiger partial charge >= 0.3 is 0 Å². The average molecular weight is 372 g/mol. The molecule has 6 heteroatoms. The Morgan fingerprint density at radius 1 is 0.857 bits per heavy atom. The van der Waals surface area contributed by atoms with Crippen molar-refractivity contribution in [2.24, 2.45) is 0 Å². The number of fused-ring (bicyclic) bond motifs is 2. The molecule has 0 unspecified atom stereocenters. The van der Waals surface area contributed by atoms with Crippen LogP contribution in [0.15, 0.2) is 48.8 Å². The van der Waals surface area contributed by atoms with Gasteiger partial charge in [0.15, 0.2) is 0 Å². The lowest BCUT2D eigenvalue weighted by Gasteiger charge is -2.02. The first-order valence-electron chi connectivity index (χ1n) is 9.05. The van der Waals surface area contributed by atoms with E-state index >= 15 is 0 Å². The normalized spacial score (nSPS) is 11.4. The number of aryl methyl sites for hydroxylation is 1. The highest BCUT2D eigenvalue weighted by molar-refractivity contribution is 5.98. The Labute approximate surface area is 161 Å². The summed E-state index contributed by atoms with van der Waals surface area (Å²) in [6.07, 6.45) is 3.85. The minimum Gasteiger partial charge on any atom is -0.497 e. The van der Waals surface area contributed by atoms with Crippen molar-refractivity contribution in [2.45, 2.75) is 6.92 Å². The van der Waals surface area contributed by atoms with Crippen LogP contribution in [0.3, 0.4) is 0 Å². The van der Waals surface area contributed by atoms with Gasteiger partial charge in [0, 0.05) is 50.9 Å². The lowest BCUT2D eigenvalue weighted by Crippen LogP contribution is -1.84. The Hall–Kier alpha value is -3.67. The fourth-order valence-electron chi connectivity index (χ4n) is 3.79. The standard InChI is InChI=1S/C22H20N4O2/c1-12-21(16-8-13(27-2)5-7-18(16)25-12)20-11-24-22(26-20)17-10-23-19-9-14(28-3)4-6-15(17)19/h4-11,23,25H,1-3H3,(H,24,26). The zero-order valence-corrected chi connectivity index (χ0v) is 15.9. The van der Waals surface area contributed by atoms with Crippen LogP contribution < -0.4 is 9.47 Å². The monoisotopic (exact) mass is 372 g/mol. The van der Waals surface area contributed by atoms with Crippen LogP contribution in [0.5, 0.6) is 11.5 Å². The van der Waals surface area contributed by atoms with Gasteiger partial charge in [0.1, 0.15) is 17.3 Å². The van der Waals surface area contributed by atoms with Crippen molar-refractivity contribution in [3.8, 4) is 34.1 Å². The Bertz CT molecular complexity index is 1310. The minimum atomic E-state index is 0.822. The molecular formula is C22H20N4O2. The average Bonchev–Trinajstić information content (AvgIpc) is 3.42. The predicted molar refractivity (Wildman–Crippen MR) is 111 cm³/mol. The maximum atomic E-state index is 5.40. The molecule has 0 aliphatic carbocycles. The SMILES string of the molecule is COc1ccc2c(-c3ncc(-c4c(C)[nH]c5ccc(OC)cc45)[nH]3)c[nH]c2c1. The van der Waals surface area contributed by atoms with Crippen LogP contribution in [0, 0.1) is 6.92 Å². The maximum Gasteiger partial charge on any atom is 0.139 e. The van der Waals surface area contributed by atoms with Crippen LogP contribution in [0.2, 0.25) is 0 Å². The fraction of sp³-hybridized carbons (Fsp3) is 0.136. The molecule has 0 fully saturated rings. The van der Waals surface area contributed by atoms with Crippen molar-refractivity contribution in [2.75, 3.05) is 14.2 Å². The number of hydrogen-bond donors (Lipinski definition) is 3. The van der Waals surface area contributed by atoms with Crippen molar-refractivity contribution in [1.29, 1.82) is 0 Å². The van der Waals surface area contributed by atoms with E-state index < -0.39 is 0 Å². The summed E-state index contributed by atoms with van der Waals surface area (Å²) in [6, 6.07) is 12.0. The second-order valence-corrected chi connectivity index (χ2v) is 6.80. The van der Waals surface area contributed by atoms with E-state index in [-0.39, 0.29) is 0 Å². The third kappa shape index (κ3) is 2.45. The first kappa shape index (κ1) is 16.5. The molecule has 0 saturated carbocycles. The molecular weight excluding hydrogens is 352 g/mol. The summed E-state index contributed by atoms with van der Waals surface area (Å²) in [6.45, 7) is 2.07. The molecule has 0 saturated heterocycles. The summed E-state index contributed by atoms with van der Waals surface area (Å²) in [7, 11) is 3.35. The zero-order chi connectivity index (χ0) is 19.3. The van der Waals surface area contributed by atoms with Crippen molar-refractivity contribution in [3.63, 3.8) is 0 Å². The van der Waals surface area contributed by atoms with Crippen LogP contribution in [-0.4, -0.2) is 34.2 Å². The number of aromatic nitrogens is 4. The fourth-order valence-corrected chi connectivity index (χ4v) is 3.79.